The molecule has 0 aromatic heterocycles. The number of aliphatic hydroxyl groups is 1. The van der Waals surface area contributed by atoms with Gasteiger partial charge in [0.05, 0.1) is 12.7 Å². The van der Waals surface area contributed by atoms with Crippen molar-refractivity contribution in [1.29, 1.82) is 0 Å². The van der Waals surface area contributed by atoms with Gasteiger partial charge in [0.1, 0.15) is 12.8 Å². The molecular formula is C21H36FN3O2. The maximum Gasteiger partial charge on any atom is 0.118 e. The van der Waals surface area contributed by atoms with Gasteiger partial charge in [0.2, 0.25) is 0 Å². The first-order valence-electron chi connectivity index (χ1n) is 10.0. The van der Waals surface area contributed by atoms with Gasteiger partial charge in [0.25, 0.3) is 0 Å². The zero-order chi connectivity index (χ0) is 19.8. The van der Waals surface area contributed by atoms with Crippen molar-refractivity contribution in [2.45, 2.75) is 69.2 Å². The van der Waals surface area contributed by atoms with Crippen LogP contribution in [0, 0.1) is 0 Å². The summed E-state index contributed by atoms with van der Waals surface area (Å²) in [5, 5.41) is 16.0. The first-order chi connectivity index (χ1) is 13.0. The van der Waals surface area contributed by atoms with E-state index < -0.39 is 12.8 Å². The van der Waals surface area contributed by atoms with Gasteiger partial charge in [-0.1, -0.05) is 18.2 Å². The summed E-state index contributed by atoms with van der Waals surface area (Å²) in [6.07, 6.45) is 7.59. The van der Waals surface area contributed by atoms with Crippen LogP contribution in [0.5, 0.6) is 0 Å². The minimum absolute atomic E-state index is 0.0218. The van der Waals surface area contributed by atoms with E-state index in [0.717, 1.165) is 56.2 Å². The fraction of sp³-hybridized carbons (Fsp3) is 0.714. The van der Waals surface area contributed by atoms with E-state index in [2.05, 4.69) is 23.3 Å². The summed E-state index contributed by atoms with van der Waals surface area (Å²) in [5.74, 6) is 0. The topological polar surface area (TPSA) is 79.5 Å². The summed E-state index contributed by atoms with van der Waals surface area (Å²) in [4.78, 5) is 0. The molecule has 0 amide bonds. The maximum atomic E-state index is 12.5. The molecule has 2 aliphatic carbocycles. The van der Waals surface area contributed by atoms with Crippen molar-refractivity contribution >= 4 is 0 Å². The Kier molecular flexibility index (Phi) is 8.96. The Labute approximate surface area is 162 Å². The normalized spacial score (nSPS) is 27.4. The van der Waals surface area contributed by atoms with Crippen molar-refractivity contribution in [3.8, 4) is 0 Å². The van der Waals surface area contributed by atoms with Gasteiger partial charge in [-0.3, -0.25) is 0 Å². The lowest BCUT2D eigenvalue weighted by atomic mass is 9.84. The standard InChI is InChI=1S/C21H36FN3O2/c1-14(4-5-16-10-17(24-2)7-8-19(16)23)15-6-9-20(25-3)21(11-15)27-13-18(26)12-22/h6,17-18,20-21,24-26H,1,4-5,7-13,23H2,2-3H3/t17-,18?,20?,21-/m1/s1. The number of hydrogen-bond donors (Lipinski definition) is 4. The summed E-state index contributed by atoms with van der Waals surface area (Å²) in [6.45, 7) is 3.53. The average Bonchev–Trinajstić information content (AvgIpc) is 2.70. The van der Waals surface area contributed by atoms with Crippen molar-refractivity contribution in [3.63, 3.8) is 0 Å². The molecule has 154 valence electrons. The molecule has 2 aliphatic rings. The van der Waals surface area contributed by atoms with Crippen LogP contribution in [0.4, 0.5) is 4.39 Å². The number of likely N-dealkylation sites (N-methyl/N-ethyl adjacent to an activating group) is 1. The van der Waals surface area contributed by atoms with Gasteiger partial charge in [-0.25, -0.2) is 4.39 Å². The third-order valence-electron chi connectivity index (χ3n) is 5.84. The van der Waals surface area contributed by atoms with Gasteiger partial charge in [0.15, 0.2) is 0 Å². The van der Waals surface area contributed by atoms with Crippen LogP contribution in [-0.4, -0.2) is 56.8 Å². The molecule has 27 heavy (non-hydrogen) atoms. The fourth-order valence-corrected chi connectivity index (χ4v) is 3.92. The van der Waals surface area contributed by atoms with Crippen LogP contribution in [0.15, 0.2) is 35.1 Å². The molecular weight excluding hydrogens is 345 g/mol. The third-order valence-corrected chi connectivity index (χ3v) is 5.84. The zero-order valence-electron chi connectivity index (χ0n) is 16.8. The van der Waals surface area contributed by atoms with Gasteiger partial charge in [-0.2, -0.15) is 0 Å². The van der Waals surface area contributed by atoms with Crippen LogP contribution in [0.1, 0.15) is 44.9 Å². The Bertz CT molecular complexity index is 562. The number of nitrogens with two attached hydrogens (primary N) is 1. The smallest absolute Gasteiger partial charge is 0.118 e. The van der Waals surface area contributed by atoms with Crippen LogP contribution >= 0.6 is 0 Å². The van der Waals surface area contributed by atoms with E-state index in [0.29, 0.717) is 6.04 Å². The third kappa shape index (κ3) is 6.42. The molecule has 0 heterocycles. The van der Waals surface area contributed by atoms with E-state index in [9.17, 15) is 9.50 Å². The molecule has 2 unspecified atom stereocenters. The minimum Gasteiger partial charge on any atom is -0.402 e. The molecule has 2 rings (SSSR count). The average molecular weight is 382 g/mol. The van der Waals surface area contributed by atoms with Crippen LogP contribution in [-0.2, 0) is 4.74 Å². The van der Waals surface area contributed by atoms with E-state index in [1.165, 1.54) is 11.1 Å². The Morgan fingerprint density at radius 3 is 2.85 bits per heavy atom. The number of nitrogens with one attached hydrogen (secondary N) is 2. The highest BCUT2D eigenvalue weighted by Gasteiger charge is 2.27. The monoisotopic (exact) mass is 381 g/mol. The number of alkyl halides is 1. The summed E-state index contributed by atoms with van der Waals surface area (Å²) >= 11 is 0. The molecule has 0 spiro atoms. The first kappa shape index (κ1) is 22.1. The van der Waals surface area contributed by atoms with Gasteiger partial charge in [0, 0.05) is 24.2 Å². The van der Waals surface area contributed by atoms with Crippen LogP contribution in [0.2, 0.25) is 0 Å². The summed E-state index contributed by atoms with van der Waals surface area (Å²) in [5.41, 5.74) is 11.0. The SMILES string of the molecule is C=C(CCC1=C(N)CC[C@@H](NC)C1)C1=CCC(NC)[C@H](OCC(O)CF)C1. The number of hydrogen-bond acceptors (Lipinski definition) is 5. The molecule has 0 fully saturated rings. The molecule has 6 heteroatoms. The van der Waals surface area contributed by atoms with Gasteiger partial charge in [-0.15, -0.1) is 0 Å². The highest BCUT2D eigenvalue weighted by atomic mass is 19.1. The van der Waals surface area contributed by atoms with Crippen molar-refractivity contribution < 1.29 is 14.2 Å². The van der Waals surface area contributed by atoms with Crippen molar-refractivity contribution in [2.24, 2.45) is 5.73 Å². The van der Waals surface area contributed by atoms with Crippen LogP contribution in [0.3, 0.4) is 0 Å². The van der Waals surface area contributed by atoms with Crippen LogP contribution in [0.25, 0.3) is 0 Å². The lowest BCUT2D eigenvalue weighted by Gasteiger charge is -2.32. The van der Waals surface area contributed by atoms with Gasteiger partial charge in [-0.05, 0) is 63.8 Å². The number of ether oxygens (including phenoxy) is 1. The highest BCUT2D eigenvalue weighted by molar-refractivity contribution is 5.32. The molecule has 0 saturated heterocycles. The highest BCUT2D eigenvalue weighted by Crippen LogP contribution is 2.31. The molecule has 0 bridgehead atoms. The molecule has 0 saturated carbocycles. The zero-order valence-corrected chi connectivity index (χ0v) is 16.8. The van der Waals surface area contributed by atoms with Crippen LogP contribution < -0.4 is 16.4 Å². The van der Waals surface area contributed by atoms with E-state index in [-0.39, 0.29) is 18.8 Å². The molecule has 0 aliphatic heterocycles. The van der Waals surface area contributed by atoms with Crippen molar-refractivity contribution in [3.05, 3.63) is 35.1 Å². The molecule has 5 nitrogen and oxygen atoms in total. The molecule has 0 aromatic rings. The predicted octanol–water partition coefficient (Wildman–Crippen LogP) is 2.33. The molecule has 4 atom stereocenters. The second kappa shape index (κ2) is 11.0. The molecule has 0 radical (unpaired) electrons. The Morgan fingerprint density at radius 2 is 2.19 bits per heavy atom. The number of rotatable bonds is 10. The second-order valence-corrected chi connectivity index (χ2v) is 7.71. The molecule has 0 aromatic carbocycles. The molecule has 5 N–H and O–H groups in total. The number of halogens is 1. The lowest BCUT2D eigenvalue weighted by Crippen LogP contribution is -2.42. The quantitative estimate of drug-likeness (QED) is 0.467. The Morgan fingerprint density at radius 1 is 1.41 bits per heavy atom. The number of aliphatic hydroxyl groups excluding tert-OH is 1. The second-order valence-electron chi connectivity index (χ2n) is 7.71. The van der Waals surface area contributed by atoms with Crippen molar-refractivity contribution in [2.75, 3.05) is 27.4 Å². The van der Waals surface area contributed by atoms with E-state index in [4.69, 9.17) is 10.5 Å². The van der Waals surface area contributed by atoms with Crippen molar-refractivity contribution in [1.82, 2.24) is 10.6 Å². The summed E-state index contributed by atoms with van der Waals surface area (Å²) in [7, 11) is 3.91. The maximum absolute atomic E-state index is 12.5. The Hall–Kier alpha value is -1.21. The fourth-order valence-electron chi connectivity index (χ4n) is 3.92. The lowest BCUT2D eigenvalue weighted by molar-refractivity contribution is -0.0315. The minimum atomic E-state index is -1.05. The van der Waals surface area contributed by atoms with Gasteiger partial charge >= 0.3 is 0 Å². The van der Waals surface area contributed by atoms with E-state index in [1.54, 1.807) is 0 Å². The largest absolute Gasteiger partial charge is 0.402 e. The van der Waals surface area contributed by atoms with Gasteiger partial charge < -0.3 is 26.2 Å². The first-order valence-corrected chi connectivity index (χ1v) is 10.0. The predicted molar refractivity (Wildman–Crippen MR) is 108 cm³/mol. The number of allylic oxidation sites excluding steroid dienone is 2. The summed E-state index contributed by atoms with van der Waals surface area (Å²) < 4.78 is 18.3. The summed E-state index contributed by atoms with van der Waals surface area (Å²) in [6, 6.07) is 0.687. The Balaban J connectivity index is 1.90. The van der Waals surface area contributed by atoms with E-state index in [1.807, 2.05) is 14.1 Å². The van der Waals surface area contributed by atoms with E-state index >= 15 is 0 Å².